The van der Waals surface area contributed by atoms with Crippen molar-refractivity contribution in [2.45, 2.75) is 38.4 Å². The van der Waals surface area contributed by atoms with Gasteiger partial charge >= 0.3 is 0 Å². The zero-order valence-electron chi connectivity index (χ0n) is 6.84. The quantitative estimate of drug-likeness (QED) is 0.600. The smallest absolute Gasteiger partial charge is 0.0910 e. The fraction of sp³-hybridized carbons (Fsp3) is 0.778. The molecule has 0 aromatic carbocycles. The van der Waals surface area contributed by atoms with Crippen LogP contribution in [0.4, 0.5) is 0 Å². The molecule has 1 N–H and O–H groups in total. The molecule has 1 saturated heterocycles. The molecule has 2 heteroatoms. The van der Waals surface area contributed by atoms with Crippen LogP contribution in [0.1, 0.15) is 26.2 Å². The molecular weight excluding hydrogens is 140 g/mol. The van der Waals surface area contributed by atoms with Gasteiger partial charge in [-0.2, -0.15) is 0 Å². The summed E-state index contributed by atoms with van der Waals surface area (Å²) in [6, 6.07) is 0. The third-order valence-electron chi connectivity index (χ3n) is 1.88. The summed E-state index contributed by atoms with van der Waals surface area (Å²) in [6.45, 7) is 2.57. The summed E-state index contributed by atoms with van der Waals surface area (Å²) in [4.78, 5) is 0. The minimum absolute atomic E-state index is 0.0378. The maximum atomic E-state index is 9.45. The summed E-state index contributed by atoms with van der Waals surface area (Å²) in [5.74, 6) is 5.60. The molecule has 1 rings (SSSR count). The fourth-order valence-electron chi connectivity index (χ4n) is 1.24. The second-order valence-electron chi connectivity index (χ2n) is 2.75. The van der Waals surface area contributed by atoms with Crippen LogP contribution in [0.2, 0.25) is 0 Å². The van der Waals surface area contributed by atoms with E-state index in [0.717, 1.165) is 19.4 Å². The van der Waals surface area contributed by atoms with Gasteiger partial charge in [-0.25, -0.2) is 0 Å². The lowest BCUT2D eigenvalue weighted by molar-refractivity contribution is 0.00159. The number of aliphatic hydroxyl groups is 1. The molecule has 1 fully saturated rings. The van der Waals surface area contributed by atoms with Gasteiger partial charge in [0.1, 0.15) is 0 Å². The van der Waals surface area contributed by atoms with E-state index in [1.807, 2.05) is 0 Å². The molecule has 2 unspecified atom stereocenters. The molecule has 1 aliphatic rings. The van der Waals surface area contributed by atoms with E-state index in [0.29, 0.717) is 6.42 Å². The Morgan fingerprint density at radius 1 is 1.73 bits per heavy atom. The summed E-state index contributed by atoms with van der Waals surface area (Å²) in [5.41, 5.74) is 0. The average Bonchev–Trinajstić information content (AvgIpc) is 2.52. The van der Waals surface area contributed by atoms with Crippen LogP contribution in [0, 0.1) is 11.8 Å². The molecule has 62 valence electrons. The van der Waals surface area contributed by atoms with Crippen LogP contribution < -0.4 is 0 Å². The second-order valence-corrected chi connectivity index (χ2v) is 2.75. The molecule has 0 aromatic rings. The van der Waals surface area contributed by atoms with Crippen LogP contribution in [0.3, 0.4) is 0 Å². The lowest BCUT2D eigenvalue weighted by Crippen LogP contribution is -2.24. The molecule has 2 nitrogen and oxygen atoms in total. The Kier molecular flexibility index (Phi) is 3.41. The lowest BCUT2D eigenvalue weighted by Gasteiger charge is -2.13. The fourth-order valence-corrected chi connectivity index (χ4v) is 1.24. The predicted molar refractivity (Wildman–Crippen MR) is 43.0 cm³/mol. The first-order valence-corrected chi connectivity index (χ1v) is 4.04. The summed E-state index contributed by atoms with van der Waals surface area (Å²) in [7, 11) is 0. The van der Waals surface area contributed by atoms with Crippen molar-refractivity contribution in [1.29, 1.82) is 0 Å². The number of ether oxygens (including phenoxy) is 1. The van der Waals surface area contributed by atoms with Crippen molar-refractivity contribution in [3.8, 4) is 11.8 Å². The first kappa shape index (κ1) is 8.58. The highest BCUT2D eigenvalue weighted by molar-refractivity contribution is 4.98. The van der Waals surface area contributed by atoms with E-state index in [2.05, 4.69) is 11.8 Å². The Hall–Kier alpha value is -0.520. The normalized spacial score (nSPS) is 25.8. The van der Waals surface area contributed by atoms with Gasteiger partial charge in [0.15, 0.2) is 0 Å². The highest BCUT2D eigenvalue weighted by Crippen LogP contribution is 2.16. The monoisotopic (exact) mass is 154 g/mol. The van der Waals surface area contributed by atoms with E-state index >= 15 is 0 Å². The second kappa shape index (κ2) is 4.38. The van der Waals surface area contributed by atoms with Crippen LogP contribution in [-0.2, 0) is 4.74 Å². The zero-order valence-corrected chi connectivity index (χ0v) is 6.84. The van der Waals surface area contributed by atoms with Crippen LogP contribution in [0.25, 0.3) is 0 Å². The Balaban J connectivity index is 2.26. The number of rotatable bonds is 2. The number of hydrogen-bond donors (Lipinski definition) is 1. The SMILES string of the molecule is CC#CCC(O)C1CCCO1. The van der Waals surface area contributed by atoms with Crippen LogP contribution >= 0.6 is 0 Å². The Bertz CT molecular complexity index is 160. The van der Waals surface area contributed by atoms with E-state index in [-0.39, 0.29) is 12.2 Å². The Morgan fingerprint density at radius 3 is 3.09 bits per heavy atom. The minimum atomic E-state index is -0.384. The van der Waals surface area contributed by atoms with Crippen molar-refractivity contribution in [3.63, 3.8) is 0 Å². The summed E-state index contributed by atoms with van der Waals surface area (Å²) in [5, 5.41) is 9.45. The topological polar surface area (TPSA) is 29.5 Å². The molecule has 0 spiro atoms. The van der Waals surface area contributed by atoms with Gasteiger partial charge in [0.05, 0.1) is 12.2 Å². The molecule has 0 amide bonds. The largest absolute Gasteiger partial charge is 0.389 e. The molecular formula is C9H14O2. The predicted octanol–water partition coefficient (Wildman–Crippen LogP) is 0.940. The molecule has 0 aromatic heterocycles. The Morgan fingerprint density at radius 2 is 2.55 bits per heavy atom. The number of hydrogen-bond acceptors (Lipinski definition) is 2. The average molecular weight is 154 g/mol. The standard InChI is InChI=1S/C9H14O2/c1-2-3-5-8(10)9-6-4-7-11-9/h8-10H,4-7H2,1H3. The Labute approximate surface area is 67.6 Å². The first-order chi connectivity index (χ1) is 5.34. The van der Waals surface area contributed by atoms with Crippen LogP contribution in [0.5, 0.6) is 0 Å². The maximum absolute atomic E-state index is 9.45. The molecule has 1 heterocycles. The van der Waals surface area contributed by atoms with Gasteiger partial charge in [-0.1, -0.05) is 0 Å². The summed E-state index contributed by atoms with van der Waals surface area (Å²) in [6.07, 6.45) is 2.25. The molecule has 0 radical (unpaired) electrons. The minimum Gasteiger partial charge on any atom is -0.389 e. The van der Waals surface area contributed by atoms with Gasteiger partial charge < -0.3 is 9.84 Å². The zero-order chi connectivity index (χ0) is 8.10. The van der Waals surface area contributed by atoms with Gasteiger partial charge in [-0.3, -0.25) is 0 Å². The van der Waals surface area contributed by atoms with Gasteiger partial charge in [0, 0.05) is 13.0 Å². The highest BCUT2D eigenvalue weighted by atomic mass is 16.5. The van der Waals surface area contributed by atoms with E-state index < -0.39 is 0 Å². The van der Waals surface area contributed by atoms with Gasteiger partial charge in [0.2, 0.25) is 0 Å². The van der Waals surface area contributed by atoms with Gasteiger partial charge in [0.25, 0.3) is 0 Å². The maximum Gasteiger partial charge on any atom is 0.0910 e. The first-order valence-electron chi connectivity index (χ1n) is 4.04. The molecule has 1 aliphatic heterocycles. The molecule has 0 saturated carbocycles. The van der Waals surface area contributed by atoms with Crippen molar-refractivity contribution in [2.75, 3.05) is 6.61 Å². The number of aliphatic hydroxyl groups excluding tert-OH is 1. The van der Waals surface area contributed by atoms with E-state index in [1.54, 1.807) is 6.92 Å². The van der Waals surface area contributed by atoms with Crippen molar-refractivity contribution in [3.05, 3.63) is 0 Å². The molecule has 11 heavy (non-hydrogen) atoms. The van der Waals surface area contributed by atoms with Gasteiger partial charge in [-0.15, -0.1) is 11.8 Å². The van der Waals surface area contributed by atoms with Crippen LogP contribution in [-0.4, -0.2) is 23.9 Å². The lowest BCUT2D eigenvalue weighted by atomic mass is 10.1. The van der Waals surface area contributed by atoms with E-state index in [1.165, 1.54) is 0 Å². The van der Waals surface area contributed by atoms with Crippen LogP contribution in [0.15, 0.2) is 0 Å². The van der Waals surface area contributed by atoms with Crippen molar-refractivity contribution >= 4 is 0 Å². The molecule has 0 bridgehead atoms. The molecule has 0 aliphatic carbocycles. The van der Waals surface area contributed by atoms with Crippen molar-refractivity contribution < 1.29 is 9.84 Å². The third-order valence-corrected chi connectivity index (χ3v) is 1.88. The van der Waals surface area contributed by atoms with Crippen molar-refractivity contribution in [2.24, 2.45) is 0 Å². The van der Waals surface area contributed by atoms with E-state index in [9.17, 15) is 5.11 Å². The summed E-state index contributed by atoms with van der Waals surface area (Å²) < 4.78 is 5.29. The molecule has 2 atom stereocenters. The highest BCUT2D eigenvalue weighted by Gasteiger charge is 2.22. The van der Waals surface area contributed by atoms with Gasteiger partial charge in [-0.05, 0) is 19.8 Å². The third kappa shape index (κ3) is 2.53. The van der Waals surface area contributed by atoms with Crippen molar-refractivity contribution in [1.82, 2.24) is 0 Å². The van der Waals surface area contributed by atoms with E-state index in [4.69, 9.17) is 4.74 Å². The summed E-state index contributed by atoms with van der Waals surface area (Å²) >= 11 is 0.